The molecule has 17 heavy (non-hydrogen) atoms. The van der Waals surface area contributed by atoms with Crippen LogP contribution in [0.1, 0.15) is 27.2 Å². The second kappa shape index (κ2) is 4.57. The highest BCUT2D eigenvalue weighted by atomic mass is 15.2. The van der Waals surface area contributed by atoms with Crippen LogP contribution >= 0.6 is 0 Å². The van der Waals surface area contributed by atoms with Crippen molar-refractivity contribution in [2.24, 2.45) is 5.92 Å². The number of H-pyrrole nitrogens is 1. The summed E-state index contributed by atoms with van der Waals surface area (Å²) < 4.78 is 0. The molecular weight excluding hydrogens is 216 g/mol. The molecule has 2 atom stereocenters. The zero-order valence-corrected chi connectivity index (χ0v) is 10.4. The van der Waals surface area contributed by atoms with E-state index < -0.39 is 0 Å². The molecule has 2 aromatic rings. The van der Waals surface area contributed by atoms with Crippen LogP contribution in [-0.2, 0) is 0 Å². The summed E-state index contributed by atoms with van der Waals surface area (Å²) in [5.74, 6) is 1.56. The van der Waals surface area contributed by atoms with Crippen molar-refractivity contribution in [1.29, 1.82) is 0 Å². The molecule has 6 heteroatoms. The van der Waals surface area contributed by atoms with E-state index in [-0.39, 0.29) is 5.95 Å². The highest BCUT2D eigenvalue weighted by molar-refractivity contribution is 5.86. The van der Waals surface area contributed by atoms with Crippen molar-refractivity contribution >= 4 is 22.8 Å². The van der Waals surface area contributed by atoms with Crippen molar-refractivity contribution in [3.05, 3.63) is 6.20 Å². The first-order chi connectivity index (χ1) is 8.11. The Morgan fingerprint density at radius 1 is 1.41 bits per heavy atom. The van der Waals surface area contributed by atoms with E-state index in [1.165, 1.54) is 0 Å². The zero-order chi connectivity index (χ0) is 12.4. The molecule has 0 saturated heterocycles. The number of nitrogens with zero attached hydrogens (tertiary/aromatic N) is 3. The maximum atomic E-state index is 5.66. The normalized spacial score (nSPS) is 14.8. The maximum absolute atomic E-state index is 5.66. The zero-order valence-electron chi connectivity index (χ0n) is 10.4. The summed E-state index contributed by atoms with van der Waals surface area (Å²) in [6.07, 6.45) is 2.82. The molecule has 0 saturated carbocycles. The molecule has 0 aromatic carbocycles. The van der Waals surface area contributed by atoms with Crippen LogP contribution in [0.25, 0.3) is 11.0 Å². The average molecular weight is 234 g/mol. The van der Waals surface area contributed by atoms with Crippen molar-refractivity contribution in [2.75, 3.05) is 11.1 Å². The molecule has 2 aromatic heterocycles. The first kappa shape index (κ1) is 11.6. The summed E-state index contributed by atoms with van der Waals surface area (Å²) in [4.78, 5) is 8.30. The molecule has 0 aliphatic rings. The van der Waals surface area contributed by atoms with Crippen molar-refractivity contribution in [3.63, 3.8) is 0 Å². The summed E-state index contributed by atoms with van der Waals surface area (Å²) in [5.41, 5.74) is 6.32. The number of nitrogens with two attached hydrogens (primary N) is 1. The van der Waals surface area contributed by atoms with Crippen molar-refractivity contribution < 1.29 is 0 Å². The Labute approximate surface area is 100 Å². The lowest BCUT2D eigenvalue weighted by Gasteiger charge is -2.20. The van der Waals surface area contributed by atoms with Crippen LogP contribution in [0.15, 0.2) is 6.20 Å². The summed E-state index contributed by atoms with van der Waals surface area (Å²) in [5, 5.41) is 11.0. The van der Waals surface area contributed by atoms with Crippen LogP contribution in [0.3, 0.4) is 0 Å². The Morgan fingerprint density at radius 3 is 2.88 bits per heavy atom. The quantitative estimate of drug-likeness (QED) is 0.750. The molecular formula is C11H18N6. The fourth-order valence-corrected chi connectivity index (χ4v) is 1.67. The van der Waals surface area contributed by atoms with E-state index in [0.717, 1.165) is 17.6 Å². The van der Waals surface area contributed by atoms with E-state index in [4.69, 9.17) is 5.73 Å². The number of anilines is 2. The van der Waals surface area contributed by atoms with Gasteiger partial charge in [-0.3, -0.25) is 5.10 Å². The summed E-state index contributed by atoms with van der Waals surface area (Å²) in [6.45, 7) is 6.51. The van der Waals surface area contributed by atoms with Crippen molar-refractivity contribution in [2.45, 2.75) is 33.2 Å². The molecule has 4 N–H and O–H groups in total. The molecule has 0 amide bonds. The highest BCUT2D eigenvalue weighted by Crippen LogP contribution is 2.21. The third-order valence-electron chi connectivity index (χ3n) is 3.19. The standard InChI is InChI=1S/C11H18N6/c1-4-6(2)7(3)14-9-8-5-13-17-10(8)16-11(12)15-9/h5-7H,4H2,1-3H3,(H4,12,13,14,15,16,17). The molecule has 0 radical (unpaired) electrons. The fourth-order valence-electron chi connectivity index (χ4n) is 1.67. The van der Waals surface area contributed by atoms with Crippen LogP contribution in [0.2, 0.25) is 0 Å². The largest absolute Gasteiger partial charge is 0.368 e. The Morgan fingerprint density at radius 2 is 2.18 bits per heavy atom. The molecule has 2 heterocycles. The van der Waals surface area contributed by atoms with Gasteiger partial charge in [-0.2, -0.15) is 15.1 Å². The third kappa shape index (κ3) is 2.30. The van der Waals surface area contributed by atoms with Gasteiger partial charge < -0.3 is 11.1 Å². The predicted octanol–water partition coefficient (Wildman–Crippen LogP) is 1.78. The molecule has 0 spiro atoms. The Bertz CT molecular complexity index is 506. The van der Waals surface area contributed by atoms with Crippen molar-refractivity contribution in [1.82, 2.24) is 20.2 Å². The van der Waals surface area contributed by atoms with E-state index in [1.807, 2.05) is 0 Å². The monoisotopic (exact) mass is 234 g/mol. The third-order valence-corrected chi connectivity index (χ3v) is 3.19. The predicted molar refractivity (Wildman–Crippen MR) is 68.6 cm³/mol. The number of aromatic nitrogens is 4. The number of nitrogen functional groups attached to an aromatic ring is 1. The van der Waals surface area contributed by atoms with Gasteiger partial charge in [-0.25, -0.2) is 0 Å². The second-order valence-electron chi connectivity index (χ2n) is 4.38. The first-order valence-corrected chi connectivity index (χ1v) is 5.85. The first-order valence-electron chi connectivity index (χ1n) is 5.85. The highest BCUT2D eigenvalue weighted by Gasteiger charge is 2.14. The molecule has 2 rings (SSSR count). The summed E-state index contributed by atoms with van der Waals surface area (Å²) >= 11 is 0. The van der Waals surface area contributed by atoms with E-state index in [2.05, 4.69) is 46.3 Å². The lowest BCUT2D eigenvalue weighted by atomic mass is 10.0. The minimum Gasteiger partial charge on any atom is -0.368 e. The molecule has 6 nitrogen and oxygen atoms in total. The topological polar surface area (TPSA) is 92.5 Å². The second-order valence-corrected chi connectivity index (χ2v) is 4.38. The van der Waals surface area contributed by atoms with Crippen LogP contribution < -0.4 is 11.1 Å². The van der Waals surface area contributed by atoms with E-state index in [0.29, 0.717) is 17.6 Å². The van der Waals surface area contributed by atoms with Gasteiger partial charge in [0.05, 0.1) is 11.6 Å². The smallest absolute Gasteiger partial charge is 0.224 e. The SMILES string of the molecule is CCC(C)C(C)Nc1nc(N)nc2[nH]ncc12. The Kier molecular flexibility index (Phi) is 3.12. The number of hydrogen-bond donors (Lipinski definition) is 3. The van der Waals surface area contributed by atoms with Crippen LogP contribution in [0, 0.1) is 5.92 Å². The molecule has 92 valence electrons. The minimum atomic E-state index is 0.251. The summed E-state index contributed by atoms with van der Waals surface area (Å²) in [6, 6.07) is 0.326. The van der Waals surface area contributed by atoms with Crippen molar-refractivity contribution in [3.8, 4) is 0 Å². The van der Waals surface area contributed by atoms with Gasteiger partial charge in [0.1, 0.15) is 5.82 Å². The van der Waals surface area contributed by atoms with Gasteiger partial charge in [-0.15, -0.1) is 0 Å². The molecule has 0 fully saturated rings. The maximum Gasteiger partial charge on any atom is 0.224 e. The van der Waals surface area contributed by atoms with Gasteiger partial charge in [0, 0.05) is 6.04 Å². The Balaban J connectivity index is 2.31. The van der Waals surface area contributed by atoms with Gasteiger partial charge in [0.15, 0.2) is 5.65 Å². The number of nitrogens with one attached hydrogen (secondary N) is 2. The van der Waals surface area contributed by atoms with Gasteiger partial charge >= 0.3 is 0 Å². The summed E-state index contributed by atoms with van der Waals surface area (Å²) in [7, 11) is 0. The molecule has 0 aliphatic heterocycles. The van der Waals surface area contributed by atoms with Crippen LogP contribution in [0.4, 0.5) is 11.8 Å². The average Bonchev–Trinajstić information content (AvgIpc) is 2.75. The minimum absolute atomic E-state index is 0.251. The van der Waals surface area contributed by atoms with Gasteiger partial charge in [0.2, 0.25) is 5.95 Å². The van der Waals surface area contributed by atoms with Gasteiger partial charge in [-0.1, -0.05) is 20.3 Å². The number of fused-ring (bicyclic) bond motifs is 1. The van der Waals surface area contributed by atoms with Gasteiger partial charge in [0.25, 0.3) is 0 Å². The lowest BCUT2D eigenvalue weighted by Crippen LogP contribution is -2.24. The number of hydrogen-bond acceptors (Lipinski definition) is 5. The van der Waals surface area contributed by atoms with E-state index in [1.54, 1.807) is 6.20 Å². The van der Waals surface area contributed by atoms with Crippen LogP contribution in [0.5, 0.6) is 0 Å². The number of rotatable bonds is 4. The lowest BCUT2D eigenvalue weighted by molar-refractivity contribution is 0.494. The molecule has 0 bridgehead atoms. The van der Waals surface area contributed by atoms with Gasteiger partial charge in [-0.05, 0) is 12.8 Å². The van der Waals surface area contributed by atoms with E-state index in [9.17, 15) is 0 Å². The van der Waals surface area contributed by atoms with Crippen LogP contribution in [-0.4, -0.2) is 26.2 Å². The van der Waals surface area contributed by atoms with E-state index >= 15 is 0 Å². The molecule has 2 unspecified atom stereocenters. The fraction of sp³-hybridized carbons (Fsp3) is 0.545. The Hall–Kier alpha value is -1.85. The molecule has 0 aliphatic carbocycles. The number of aromatic amines is 1.